The average molecular weight is 460 g/mol. The van der Waals surface area contributed by atoms with E-state index in [9.17, 15) is 13.2 Å². The number of amides is 1. The number of para-hydroxylation sites is 1. The lowest BCUT2D eigenvalue weighted by molar-refractivity contribution is 0.0951. The van der Waals surface area contributed by atoms with Crippen molar-refractivity contribution in [3.63, 3.8) is 0 Å². The highest BCUT2D eigenvalue weighted by molar-refractivity contribution is 7.92. The molecule has 3 aromatic rings. The van der Waals surface area contributed by atoms with E-state index in [1.807, 2.05) is 13.8 Å². The molecule has 0 bridgehead atoms. The number of nitrogens with one attached hydrogen (secondary N) is 2. The number of hydrogen-bond acceptors (Lipinski definition) is 5. The molecular formula is C22H22ClN3O4S. The lowest BCUT2D eigenvalue weighted by atomic mass is 10.1. The maximum absolute atomic E-state index is 12.8. The maximum Gasteiger partial charge on any atom is 0.261 e. The topological polar surface area (TPSA) is 97.4 Å². The van der Waals surface area contributed by atoms with Crippen LogP contribution in [0.15, 0.2) is 59.6 Å². The fourth-order valence-corrected chi connectivity index (χ4v) is 4.30. The Morgan fingerprint density at radius 3 is 2.45 bits per heavy atom. The van der Waals surface area contributed by atoms with Gasteiger partial charge in [-0.1, -0.05) is 23.7 Å². The first kappa shape index (κ1) is 22.6. The normalized spacial score (nSPS) is 11.1. The Morgan fingerprint density at radius 1 is 1.10 bits per heavy atom. The molecule has 0 aliphatic carbocycles. The van der Waals surface area contributed by atoms with Gasteiger partial charge in [-0.3, -0.25) is 14.5 Å². The second-order valence-corrected chi connectivity index (χ2v) is 8.95. The van der Waals surface area contributed by atoms with Crippen molar-refractivity contribution in [3.8, 4) is 5.75 Å². The predicted octanol–water partition coefficient (Wildman–Crippen LogP) is 4.09. The molecule has 0 aliphatic rings. The molecule has 1 heterocycles. The first-order chi connectivity index (χ1) is 14.7. The summed E-state index contributed by atoms with van der Waals surface area (Å²) >= 11 is 5.83. The van der Waals surface area contributed by atoms with Gasteiger partial charge >= 0.3 is 0 Å². The minimum absolute atomic E-state index is 0.0405. The van der Waals surface area contributed by atoms with E-state index in [1.54, 1.807) is 31.5 Å². The van der Waals surface area contributed by atoms with Gasteiger partial charge in [0.2, 0.25) is 0 Å². The quantitative estimate of drug-likeness (QED) is 0.554. The van der Waals surface area contributed by atoms with Crippen LogP contribution in [0.2, 0.25) is 5.02 Å². The molecule has 9 heteroatoms. The third kappa shape index (κ3) is 5.15. The zero-order valence-electron chi connectivity index (χ0n) is 17.3. The standard InChI is InChI=1S/C22H22ClN3O4S/c1-14-12-24-20(15(2)21(14)30-3)13-25-22(27)18-6-4-5-7-19(18)26-31(28,29)17-10-8-16(23)9-11-17/h4-12,26H,13H2,1-3H3,(H,25,27). The average Bonchev–Trinajstić information content (AvgIpc) is 2.74. The summed E-state index contributed by atoms with van der Waals surface area (Å²) in [6, 6.07) is 12.1. The van der Waals surface area contributed by atoms with E-state index in [0.717, 1.165) is 16.9 Å². The van der Waals surface area contributed by atoms with Crippen LogP contribution in [0.5, 0.6) is 5.75 Å². The molecule has 1 amide bonds. The maximum atomic E-state index is 12.8. The van der Waals surface area contributed by atoms with E-state index in [4.69, 9.17) is 16.3 Å². The number of halogens is 1. The highest BCUT2D eigenvalue weighted by Crippen LogP contribution is 2.24. The van der Waals surface area contributed by atoms with Crippen LogP contribution in [0, 0.1) is 13.8 Å². The number of ether oxygens (including phenoxy) is 1. The van der Waals surface area contributed by atoms with Crippen molar-refractivity contribution in [1.29, 1.82) is 0 Å². The van der Waals surface area contributed by atoms with Gasteiger partial charge in [-0.05, 0) is 50.2 Å². The van der Waals surface area contributed by atoms with Crippen molar-refractivity contribution in [2.75, 3.05) is 11.8 Å². The Bertz CT molecular complexity index is 1210. The summed E-state index contributed by atoms with van der Waals surface area (Å²) in [6.45, 7) is 3.93. The molecule has 7 nitrogen and oxygen atoms in total. The van der Waals surface area contributed by atoms with Crippen molar-refractivity contribution in [2.45, 2.75) is 25.3 Å². The number of nitrogens with zero attached hydrogens (tertiary/aromatic N) is 1. The third-order valence-electron chi connectivity index (χ3n) is 4.71. The summed E-state index contributed by atoms with van der Waals surface area (Å²) in [5.41, 5.74) is 2.75. The van der Waals surface area contributed by atoms with E-state index in [0.29, 0.717) is 10.7 Å². The van der Waals surface area contributed by atoms with Gasteiger partial charge in [0.15, 0.2) is 0 Å². The van der Waals surface area contributed by atoms with E-state index >= 15 is 0 Å². The first-order valence-electron chi connectivity index (χ1n) is 9.37. The molecule has 31 heavy (non-hydrogen) atoms. The van der Waals surface area contributed by atoms with E-state index in [2.05, 4.69) is 15.0 Å². The molecule has 3 rings (SSSR count). The van der Waals surface area contributed by atoms with Crippen molar-refractivity contribution >= 4 is 33.2 Å². The van der Waals surface area contributed by atoms with Gasteiger partial charge in [-0.2, -0.15) is 0 Å². The van der Waals surface area contributed by atoms with Crippen LogP contribution < -0.4 is 14.8 Å². The summed E-state index contributed by atoms with van der Waals surface area (Å²) in [4.78, 5) is 17.2. The summed E-state index contributed by atoms with van der Waals surface area (Å²) in [7, 11) is -2.31. The van der Waals surface area contributed by atoms with Gasteiger partial charge in [0, 0.05) is 22.3 Å². The number of methoxy groups -OCH3 is 1. The first-order valence-corrected chi connectivity index (χ1v) is 11.2. The zero-order valence-corrected chi connectivity index (χ0v) is 18.8. The number of pyridine rings is 1. The number of sulfonamides is 1. The van der Waals surface area contributed by atoms with Gasteiger partial charge in [0.05, 0.1) is 35.5 Å². The number of anilines is 1. The van der Waals surface area contributed by atoms with Gasteiger partial charge in [0.1, 0.15) is 5.75 Å². The highest BCUT2D eigenvalue weighted by atomic mass is 35.5. The summed E-state index contributed by atoms with van der Waals surface area (Å²) < 4.78 is 33.3. The largest absolute Gasteiger partial charge is 0.496 e. The monoisotopic (exact) mass is 459 g/mol. The van der Waals surface area contributed by atoms with Gasteiger partial charge < -0.3 is 10.1 Å². The molecule has 0 saturated heterocycles. The van der Waals surface area contributed by atoms with Crippen LogP contribution in [0.1, 0.15) is 27.2 Å². The molecule has 2 N–H and O–H groups in total. The molecule has 162 valence electrons. The van der Waals surface area contributed by atoms with Gasteiger partial charge in [-0.25, -0.2) is 8.42 Å². The number of carbonyl (C=O) groups excluding carboxylic acids is 1. The number of carbonyl (C=O) groups is 1. The molecule has 0 aliphatic heterocycles. The van der Waals surface area contributed by atoms with Crippen molar-refractivity contribution in [3.05, 3.63) is 82.1 Å². The zero-order chi connectivity index (χ0) is 22.6. The van der Waals surface area contributed by atoms with E-state index in [-0.39, 0.29) is 22.7 Å². The highest BCUT2D eigenvalue weighted by Gasteiger charge is 2.19. The summed E-state index contributed by atoms with van der Waals surface area (Å²) in [5, 5.41) is 3.22. The number of rotatable bonds is 7. The van der Waals surface area contributed by atoms with Crippen LogP contribution in [0.4, 0.5) is 5.69 Å². The predicted molar refractivity (Wildman–Crippen MR) is 120 cm³/mol. The molecule has 0 radical (unpaired) electrons. The third-order valence-corrected chi connectivity index (χ3v) is 6.34. The Labute approximate surface area is 186 Å². The lowest BCUT2D eigenvalue weighted by Gasteiger charge is -2.15. The molecule has 0 fully saturated rings. The minimum atomic E-state index is -3.89. The van der Waals surface area contributed by atoms with Crippen molar-refractivity contribution < 1.29 is 17.9 Å². The Morgan fingerprint density at radius 2 is 1.77 bits per heavy atom. The molecule has 0 spiro atoms. The number of aryl methyl sites for hydroxylation is 1. The molecule has 0 unspecified atom stereocenters. The van der Waals surface area contributed by atoms with Crippen LogP contribution in [-0.4, -0.2) is 26.4 Å². The van der Waals surface area contributed by atoms with Crippen LogP contribution in [0.3, 0.4) is 0 Å². The van der Waals surface area contributed by atoms with Crippen molar-refractivity contribution in [1.82, 2.24) is 10.3 Å². The second kappa shape index (κ2) is 9.36. The van der Waals surface area contributed by atoms with E-state index in [1.165, 1.54) is 30.3 Å². The number of hydrogen-bond donors (Lipinski definition) is 2. The summed E-state index contributed by atoms with van der Waals surface area (Å²) in [5.74, 6) is 0.283. The number of benzene rings is 2. The fourth-order valence-electron chi connectivity index (χ4n) is 3.10. The second-order valence-electron chi connectivity index (χ2n) is 6.83. The minimum Gasteiger partial charge on any atom is -0.496 e. The Hall–Kier alpha value is -3.10. The van der Waals surface area contributed by atoms with Gasteiger partial charge in [-0.15, -0.1) is 0 Å². The Balaban J connectivity index is 1.80. The molecule has 1 aromatic heterocycles. The Kier molecular flexibility index (Phi) is 6.82. The van der Waals surface area contributed by atoms with Crippen LogP contribution in [-0.2, 0) is 16.6 Å². The van der Waals surface area contributed by atoms with Crippen LogP contribution in [0.25, 0.3) is 0 Å². The van der Waals surface area contributed by atoms with Crippen molar-refractivity contribution in [2.24, 2.45) is 0 Å². The van der Waals surface area contributed by atoms with Gasteiger partial charge in [0.25, 0.3) is 15.9 Å². The molecule has 0 saturated carbocycles. The fraction of sp³-hybridized carbons (Fsp3) is 0.182. The van der Waals surface area contributed by atoms with Crippen LogP contribution >= 0.6 is 11.6 Å². The lowest BCUT2D eigenvalue weighted by Crippen LogP contribution is -2.25. The molecule has 0 atom stereocenters. The molecular weight excluding hydrogens is 438 g/mol. The number of aromatic nitrogens is 1. The smallest absolute Gasteiger partial charge is 0.261 e. The van der Waals surface area contributed by atoms with E-state index < -0.39 is 15.9 Å². The molecule has 2 aromatic carbocycles. The summed E-state index contributed by atoms with van der Waals surface area (Å²) in [6.07, 6.45) is 1.68. The SMILES string of the molecule is COc1c(C)cnc(CNC(=O)c2ccccc2NS(=O)(=O)c2ccc(Cl)cc2)c1C.